The van der Waals surface area contributed by atoms with Crippen molar-refractivity contribution in [3.63, 3.8) is 0 Å². The first-order chi connectivity index (χ1) is 13.7. The number of hydrogen-bond donors (Lipinski definition) is 1. The molecule has 1 aliphatic carbocycles. The van der Waals surface area contributed by atoms with Gasteiger partial charge in [-0.3, -0.25) is 4.79 Å². The van der Waals surface area contributed by atoms with Crippen LogP contribution in [0.4, 0.5) is 0 Å². The van der Waals surface area contributed by atoms with Crippen LogP contribution in [0.25, 0.3) is 0 Å². The summed E-state index contributed by atoms with van der Waals surface area (Å²) in [7, 11) is -1.94. The first-order valence-electron chi connectivity index (χ1n) is 9.78. The van der Waals surface area contributed by atoms with Gasteiger partial charge in [0.2, 0.25) is 15.9 Å². The van der Waals surface area contributed by atoms with Crippen LogP contribution in [0.5, 0.6) is 0 Å². The highest BCUT2D eigenvalue weighted by Gasteiger charge is 2.45. The first kappa shape index (κ1) is 21.8. The number of halogens is 1. The standard InChI is InChI=1S/C22H27ClN2O3S/c1-16(2)25(3)29(27,28)20-11-5-17(6-12-20)15-24-21(26)22(13-4-14-22)18-7-9-19(23)10-8-18/h5-12,16H,4,13-15H2,1-3H3,(H,24,26). The van der Waals surface area contributed by atoms with Crippen LogP contribution in [-0.2, 0) is 26.8 Å². The second-order valence-electron chi connectivity index (χ2n) is 7.88. The molecule has 0 atom stereocenters. The average Bonchev–Trinajstić information content (AvgIpc) is 2.66. The maximum atomic E-state index is 12.9. The summed E-state index contributed by atoms with van der Waals surface area (Å²) in [5, 5.41) is 3.68. The van der Waals surface area contributed by atoms with Crippen molar-refractivity contribution in [2.24, 2.45) is 0 Å². The highest BCUT2D eigenvalue weighted by atomic mass is 35.5. The van der Waals surface area contributed by atoms with Gasteiger partial charge in [-0.15, -0.1) is 0 Å². The van der Waals surface area contributed by atoms with Gasteiger partial charge in [0.1, 0.15) is 0 Å². The Labute approximate surface area is 178 Å². The van der Waals surface area contributed by atoms with Crippen LogP contribution in [-0.4, -0.2) is 31.7 Å². The maximum absolute atomic E-state index is 12.9. The lowest BCUT2D eigenvalue weighted by Crippen LogP contribution is -2.48. The fourth-order valence-corrected chi connectivity index (χ4v) is 5.01. The van der Waals surface area contributed by atoms with Crippen LogP contribution in [0.15, 0.2) is 53.4 Å². The number of amides is 1. The molecule has 7 heteroatoms. The number of carbonyl (C=O) groups excluding carboxylic acids is 1. The van der Waals surface area contributed by atoms with Gasteiger partial charge in [0.25, 0.3) is 0 Å². The molecule has 0 unspecified atom stereocenters. The molecule has 156 valence electrons. The number of hydrogen-bond acceptors (Lipinski definition) is 3. The van der Waals surface area contributed by atoms with Gasteiger partial charge in [0.05, 0.1) is 10.3 Å². The summed E-state index contributed by atoms with van der Waals surface area (Å²) < 4.78 is 26.5. The van der Waals surface area contributed by atoms with E-state index >= 15 is 0 Å². The summed E-state index contributed by atoms with van der Waals surface area (Å²) in [6.45, 7) is 4.02. The van der Waals surface area contributed by atoms with Crippen molar-refractivity contribution >= 4 is 27.5 Å². The Morgan fingerprint density at radius 1 is 1.10 bits per heavy atom. The van der Waals surface area contributed by atoms with E-state index < -0.39 is 15.4 Å². The molecule has 0 heterocycles. The molecule has 0 spiro atoms. The summed E-state index contributed by atoms with van der Waals surface area (Å²) in [6, 6.07) is 14.0. The molecule has 0 aromatic heterocycles. The Morgan fingerprint density at radius 2 is 1.69 bits per heavy atom. The Bertz CT molecular complexity index is 966. The lowest BCUT2D eigenvalue weighted by atomic mass is 9.64. The van der Waals surface area contributed by atoms with Crippen LogP contribution in [0, 0.1) is 0 Å². The van der Waals surface area contributed by atoms with Gasteiger partial charge in [-0.1, -0.05) is 42.3 Å². The van der Waals surface area contributed by atoms with E-state index in [1.165, 1.54) is 4.31 Å². The summed E-state index contributed by atoms with van der Waals surface area (Å²) in [6.07, 6.45) is 2.66. The second kappa shape index (κ2) is 8.46. The van der Waals surface area contributed by atoms with Gasteiger partial charge in [-0.2, -0.15) is 4.31 Å². The molecule has 2 aromatic rings. The molecule has 3 rings (SSSR count). The van der Waals surface area contributed by atoms with Crippen molar-refractivity contribution in [2.75, 3.05) is 7.05 Å². The summed E-state index contributed by atoms with van der Waals surface area (Å²) in [4.78, 5) is 13.2. The second-order valence-corrected chi connectivity index (χ2v) is 10.3. The number of nitrogens with zero attached hydrogens (tertiary/aromatic N) is 1. The predicted octanol–water partition coefficient (Wildman–Crippen LogP) is 4.11. The monoisotopic (exact) mass is 434 g/mol. The lowest BCUT2D eigenvalue weighted by molar-refractivity contribution is -0.130. The zero-order valence-corrected chi connectivity index (χ0v) is 18.6. The number of benzene rings is 2. The topological polar surface area (TPSA) is 66.5 Å². The molecule has 1 amide bonds. The third-order valence-corrected chi connectivity index (χ3v) is 8.12. The van der Waals surface area contributed by atoms with E-state index in [1.54, 1.807) is 31.3 Å². The average molecular weight is 435 g/mol. The van der Waals surface area contributed by atoms with Crippen LogP contribution in [0.3, 0.4) is 0 Å². The summed E-state index contributed by atoms with van der Waals surface area (Å²) in [5.74, 6) is 0.00214. The zero-order chi connectivity index (χ0) is 21.2. The van der Waals surface area contributed by atoms with Gasteiger partial charge >= 0.3 is 0 Å². The van der Waals surface area contributed by atoms with Crippen LogP contribution < -0.4 is 5.32 Å². The highest BCUT2D eigenvalue weighted by molar-refractivity contribution is 7.89. The molecule has 2 aromatic carbocycles. The Hall–Kier alpha value is -1.89. The molecule has 1 saturated carbocycles. The molecule has 5 nitrogen and oxygen atoms in total. The molecular weight excluding hydrogens is 408 g/mol. The van der Waals surface area contributed by atoms with E-state index in [2.05, 4.69) is 5.32 Å². The number of carbonyl (C=O) groups is 1. The fraction of sp³-hybridized carbons (Fsp3) is 0.409. The van der Waals surface area contributed by atoms with Gasteiger partial charge in [-0.25, -0.2) is 8.42 Å². The number of nitrogens with one attached hydrogen (secondary N) is 1. The highest BCUT2D eigenvalue weighted by Crippen LogP contribution is 2.44. The van der Waals surface area contributed by atoms with Crippen LogP contribution in [0.1, 0.15) is 44.2 Å². The zero-order valence-electron chi connectivity index (χ0n) is 17.0. The molecule has 29 heavy (non-hydrogen) atoms. The van der Waals surface area contributed by atoms with Crippen molar-refractivity contribution in [2.45, 2.75) is 56.0 Å². The minimum Gasteiger partial charge on any atom is -0.351 e. The van der Waals surface area contributed by atoms with Crippen molar-refractivity contribution in [3.8, 4) is 0 Å². The normalized spacial score (nSPS) is 15.9. The van der Waals surface area contributed by atoms with E-state index in [1.807, 2.05) is 38.1 Å². The number of sulfonamides is 1. The first-order valence-corrected chi connectivity index (χ1v) is 11.6. The van der Waals surface area contributed by atoms with Crippen molar-refractivity contribution in [1.82, 2.24) is 9.62 Å². The van der Waals surface area contributed by atoms with Crippen molar-refractivity contribution < 1.29 is 13.2 Å². The molecule has 0 aliphatic heterocycles. The Morgan fingerprint density at radius 3 is 2.17 bits per heavy atom. The molecule has 0 saturated heterocycles. The van der Waals surface area contributed by atoms with Gasteiger partial charge in [0.15, 0.2) is 0 Å². The molecule has 1 aliphatic rings. The minimum atomic E-state index is -3.51. The fourth-order valence-electron chi connectivity index (χ4n) is 3.52. The predicted molar refractivity (Wildman–Crippen MR) is 115 cm³/mol. The lowest BCUT2D eigenvalue weighted by Gasteiger charge is -2.40. The third kappa shape index (κ3) is 4.34. The molecule has 1 fully saturated rings. The molecule has 1 N–H and O–H groups in total. The summed E-state index contributed by atoms with van der Waals surface area (Å²) in [5.41, 5.74) is 1.35. The van der Waals surface area contributed by atoms with Crippen LogP contribution in [0.2, 0.25) is 5.02 Å². The van der Waals surface area contributed by atoms with E-state index in [9.17, 15) is 13.2 Å². The van der Waals surface area contributed by atoms with Crippen LogP contribution >= 0.6 is 11.6 Å². The molecule has 0 radical (unpaired) electrons. The van der Waals surface area contributed by atoms with E-state index in [4.69, 9.17) is 11.6 Å². The quantitative estimate of drug-likeness (QED) is 0.713. The Balaban J connectivity index is 1.68. The van der Waals surface area contributed by atoms with Gasteiger partial charge in [-0.05, 0) is 62.1 Å². The third-order valence-electron chi connectivity index (χ3n) is 5.82. The SMILES string of the molecule is CC(C)N(C)S(=O)(=O)c1ccc(CNC(=O)C2(c3ccc(Cl)cc3)CCC2)cc1. The number of rotatable bonds is 7. The van der Waals surface area contributed by atoms with Gasteiger partial charge < -0.3 is 5.32 Å². The maximum Gasteiger partial charge on any atom is 0.243 e. The Kier molecular flexibility index (Phi) is 6.36. The van der Waals surface area contributed by atoms with Crippen molar-refractivity contribution in [3.05, 3.63) is 64.7 Å². The van der Waals surface area contributed by atoms with Gasteiger partial charge in [0, 0.05) is 24.7 Å². The summed E-state index contributed by atoms with van der Waals surface area (Å²) >= 11 is 5.98. The largest absolute Gasteiger partial charge is 0.351 e. The molecule has 0 bridgehead atoms. The minimum absolute atomic E-state index is 0.00214. The van der Waals surface area contributed by atoms with E-state index in [0.29, 0.717) is 11.6 Å². The van der Waals surface area contributed by atoms with E-state index in [0.717, 1.165) is 30.4 Å². The van der Waals surface area contributed by atoms with E-state index in [-0.39, 0.29) is 16.8 Å². The van der Waals surface area contributed by atoms with Crippen molar-refractivity contribution in [1.29, 1.82) is 0 Å². The smallest absolute Gasteiger partial charge is 0.243 e. The molecular formula is C22H27ClN2O3S.